The van der Waals surface area contributed by atoms with Gasteiger partial charge in [-0.15, -0.1) is 0 Å². The maximum atomic E-state index is 13.1. The van der Waals surface area contributed by atoms with Gasteiger partial charge in [0.2, 0.25) is 5.95 Å². The molecule has 2 N–H and O–H groups in total. The van der Waals surface area contributed by atoms with Crippen molar-refractivity contribution < 1.29 is 4.79 Å². The second-order valence-corrected chi connectivity index (χ2v) is 10.9. The van der Waals surface area contributed by atoms with Crippen molar-refractivity contribution in [3.8, 4) is 11.3 Å². The minimum Gasteiger partial charge on any atom is -0.324 e. The maximum Gasteiger partial charge on any atom is 0.255 e. The molecule has 1 aliphatic heterocycles. The number of anilines is 3. The molecule has 0 atom stereocenters. The first-order valence-electron chi connectivity index (χ1n) is 14.6. The van der Waals surface area contributed by atoms with E-state index in [2.05, 4.69) is 77.8 Å². The number of benzene rings is 3. The molecule has 0 spiro atoms. The van der Waals surface area contributed by atoms with E-state index in [4.69, 9.17) is 0 Å². The maximum absolute atomic E-state index is 13.1. The van der Waals surface area contributed by atoms with Crippen molar-refractivity contribution in [2.45, 2.75) is 20.0 Å². The zero-order valence-electron chi connectivity index (χ0n) is 24.3. The van der Waals surface area contributed by atoms with Gasteiger partial charge >= 0.3 is 0 Å². The van der Waals surface area contributed by atoms with Crippen molar-refractivity contribution in [3.63, 3.8) is 0 Å². The van der Waals surface area contributed by atoms with Gasteiger partial charge in [0.25, 0.3) is 5.91 Å². The number of hydrogen-bond donors (Lipinski definition) is 2. The van der Waals surface area contributed by atoms with Crippen LogP contribution in [0.1, 0.15) is 27.0 Å². The summed E-state index contributed by atoms with van der Waals surface area (Å²) in [6.45, 7) is 8.09. The van der Waals surface area contributed by atoms with Crippen LogP contribution in [0.3, 0.4) is 0 Å². The number of hydrogen-bond acceptors (Lipinski definition) is 7. The first-order valence-corrected chi connectivity index (χ1v) is 14.6. The Bertz CT molecular complexity index is 1650. The summed E-state index contributed by atoms with van der Waals surface area (Å²) in [5.41, 5.74) is 7.42. The topological polar surface area (TPSA) is 86.3 Å². The molecule has 5 aromatic rings. The van der Waals surface area contributed by atoms with E-state index in [0.29, 0.717) is 17.2 Å². The van der Waals surface area contributed by atoms with E-state index in [1.807, 2.05) is 55.5 Å². The van der Waals surface area contributed by atoms with E-state index >= 15 is 0 Å². The molecule has 0 saturated carbocycles. The molecule has 1 aliphatic rings. The van der Waals surface area contributed by atoms with Crippen LogP contribution >= 0.6 is 0 Å². The Morgan fingerprint density at radius 1 is 0.791 bits per heavy atom. The molecule has 0 radical (unpaired) electrons. The number of amides is 1. The predicted molar refractivity (Wildman–Crippen MR) is 171 cm³/mol. The molecule has 0 aliphatic carbocycles. The average Bonchev–Trinajstić information content (AvgIpc) is 3.05. The highest BCUT2D eigenvalue weighted by molar-refractivity contribution is 6.04. The number of piperazine rings is 1. The lowest BCUT2D eigenvalue weighted by Gasteiger charge is -2.34. The number of carbonyl (C=O) groups excluding carboxylic acids is 1. The molecule has 8 heteroatoms. The molecule has 6 rings (SSSR count). The second kappa shape index (κ2) is 13.4. The molecule has 1 saturated heterocycles. The van der Waals surface area contributed by atoms with Gasteiger partial charge in [-0.2, -0.15) is 0 Å². The fourth-order valence-electron chi connectivity index (χ4n) is 5.22. The number of nitrogens with zero attached hydrogens (tertiary/aromatic N) is 5. The van der Waals surface area contributed by atoms with Crippen LogP contribution in [0, 0.1) is 6.92 Å². The lowest BCUT2D eigenvalue weighted by Crippen LogP contribution is -2.45. The number of nitrogens with one attached hydrogen (secondary N) is 2. The fourth-order valence-corrected chi connectivity index (χ4v) is 5.22. The minimum absolute atomic E-state index is 0.147. The molecule has 1 fully saturated rings. The van der Waals surface area contributed by atoms with Crippen molar-refractivity contribution in [1.82, 2.24) is 24.8 Å². The van der Waals surface area contributed by atoms with Crippen LogP contribution in [0.15, 0.2) is 110 Å². The molecular formula is C35H35N7O. The molecule has 2 aromatic heterocycles. The quantitative estimate of drug-likeness (QED) is 0.220. The molecule has 216 valence electrons. The second-order valence-electron chi connectivity index (χ2n) is 10.9. The summed E-state index contributed by atoms with van der Waals surface area (Å²) in [5.74, 6) is 0.326. The molecule has 0 unspecified atom stereocenters. The monoisotopic (exact) mass is 569 g/mol. The number of carbonyl (C=O) groups is 1. The number of pyridine rings is 1. The highest BCUT2D eigenvalue weighted by Crippen LogP contribution is 2.25. The summed E-state index contributed by atoms with van der Waals surface area (Å²) in [7, 11) is 0. The minimum atomic E-state index is -0.147. The van der Waals surface area contributed by atoms with Gasteiger partial charge in [0.05, 0.1) is 5.69 Å². The zero-order chi connectivity index (χ0) is 29.4. The summed E-state index contributed by atoms with van der Waals surface area (Å²) in [5, 5.41) is 6.33. The molecule has 0 bridgehead atoms. The van der Waals surface area contributed by atoms with Gasteiger partial charge in [-0.1, -0.05) is 48.5 Å². The van der Waals surface area contributed by atoms with Crippen molar-refractivity contribution in [3.05, 3.63) is 132 Å². The standard InChI is InChI=1S/C35H35N7O/c1-26-9-14-31(22-33(26)40-35-37-17-15-32(39-35)30-8-5-16-36-23-30)38-34(43)29-12-10-28(11-13-29)25-42-20-18-41(19-21-42)24-27-6-3-2-4-7-27/h2-17,22-23H,18-21,24-25H2,1H3,(H,38,43)(H,37,39,40). The van der Waals surface area contributed by atoms with Gasteiger partial charge in [-0.25, -0.2) is 9.97 Å². The fraction of sp³-hybridized carbons (Fsp3) is 0.200. The van der Waals surface area contributed by atoms with E-state index in [-0.39, 0.29) is 5.91 Å². The smallest absolute Gasteiger partial charge is 0.255 e. The Labute approximate surface area is 252 Å². The van der Waals surface area contributed by atoms with Crippen LogP contribution in [0.25, 0.3) is 11.3 Å². The van der Waals surface area contributed by atoms with Crippen LogP contribution in [-0.2, 0) is 13.1 Å². The molecule has 3 aromatic carbocycles. The highest BCUT2D eigenvalue weighted by atomic mass is 16.1. The van der Waals surface area contributed by atoms with E-state index in [0.717, 1.165) is 61.8 Å². The van der Waals surface area contributed by atoms with Gasteiger partial charge in [-0.05, 0) is 66.1 Å². The highest BCUT2D eigenvalue weighted by Gasteiger charge is 2.17. The van der Waals surface area contributed by atoms with Gasteiger partial charge in [-0.3, -0.25) is 19.6 Å². The van der Waals surface area contributed by atoms with Crippen LogP contribution in [-0.4, -0.2) is 56.8 Å². The molecule has 3 heterocycles. The Morgan fingerprint density at radius 2 is 1.51 bits per heavy atom. The third kappa shape index (κ3) is 7.48. The van der Waals surface area contributed by atoms with Crippen molar-refractivity contribution in [1.29, 1.82) is 0 Å². The zero-order valence-corrected chi connectivity index (χ0v) is 24.3. The Morgan fingerprint density at radius 3 is 2.21 bits per heavy atom. The molecule has 43 heavy (non-hydrogen) atoms. The summed E-state index contributed by atoms with van der Waals surface area (Å²) in [4.78, 5) is 31.3. The summed E-state index contributed by atoms with van der Waals surface area (Å²) < 4.78 is 0. The largest absolute Gasteiger partial charge is 0.324 e. The predicted octanol–water partition coefficient (Wildman–Crippen LogP) is 6.16. The lowest BCUT2D eigenvalue weighted by atomic mass is 10.1. The van der Waals surface area contributed by atoms with E-state index in [1.165, 1.54) is 11.1 Å². The third-order valence-corrected chi connectivity index (χ3v) is 7.69. The number of aryl methyl sites for hydroxylation is 1. The Hall–Kier alpha value is -4.92. The van der Waals surface area contributed by atoms with E-state index < -0.39 is 0 Å². The molecule has 1 amide bonds. The van der Waals surface area contributed by atoms with Crippen LogP contribution in [0.5, 0.6) is 0 Å². The van der Waals surface area contributed by atoms with Crippen molar-refractivity contribution in [2.75, 3.05) is 36.8 Å². The Balaban J connectivity index is 1.03. The van der Waals surface area contributed by atoms with Crippen LogP contribution in [0.4, 0.5) is 17.3 Å². The van der Waals surface area contributed by atoms with Gasteiger partial charge in [0, 0.05) is 80.4 Å². The number of rotatable bonds is 9. The van der Waals surface area contributed by atoms with E-state index in [9.17, 15) is 4.79 Å². The summed E-state index contributed by atoms with van der Waals surface area (Å²) >= 11 is 0. The summed E-state index contributed by atoms with van der Waals surface area (Å²) in [6.07, 6.45) is 5.22. The Kier molecular flexibility index (Phi) is 8.77. The number of aromatic nitrogens is 3. The molecule has 8 nitrogen and oxygen atoms in total. The first kappa shape index (κ1) is 28.2. The first-order chi connectivity index (χ1) is 21.1. The lowest BCUT2D eigenvalue weighted by molar-refractivity contribution is 0.102. The normalized spacial score (nSPS) is 13.9. The van der Waals surface area contributed by atoms with Crippen molar-refractivity contribution >= 4 is 23.2 Å². The van der Waals surface area contributed by atoms with Crippen LogP contribution < -0.4 is 10.6 Å². The van der Waals surface area contributed by atoms with Gasteiger partial charge in [0.1, 0.15) is 0 Å². The average molecular weight is 570 g/mol. The SMILES string of the molecule is Cc1ccc(NC(=O)c2ccc(CN3CCN(Cc4ccccc4)CC3)cc2)cc1Nc1nccc(-c2cccnc2)n1. The van der Waals surface area contributed by atoms with E-state index in [1.54, 1.807) is 18.6 Å². The van der Waals surface area contributed by atoms with Crippen molar-refractivity contribution in [2.24, 2.45) is 0 Å². The third-order valence-electron chi connectivity index (χ3n) is 7.69. The summed E-state index contributed by atoms with van der Waals surface area (Å²) in [6, 6.07) is 30.0. The van der Waals surface area contributed by atoms with Gasteiger partial charge in [0.15, 0.2) is 0 Å². The van der Waals surface area contributed by atoms with Crippen LogP contribution in [0.2, 0.25) is 0 Å². The van der Waals surface area contributed by atoms with Gasteiger partial charge < -0.3 is 10.6 Å². The molecular weight excluding hydrogens is 534 g/mol.